The summed E-state index contributed by atoms with van der Waals surface area (Å²) in [5.41, 5.74) is 5.89. The summed E-state index contributed by atoms with van der Waals surface area (Å²) < 4.78 is 27.2. The Labute approximate surface area is 92.2 Å². The van der Waals surface area contributed by atoms with E-state index in [1.165, 1.54) is 4.31 Å². The van der Waals surface area contributed by atoms with Gasteiger partial charge in [0.15, 0.2) is 0 Å². The van der Waals surface area contributed by atoms with Gasteiger partial charge in [0.1, 0.15) is 0 Å². The monoisotopic (exact) mass is 235 g/mol. The lowest BCUT2D eigenvalue weighted by Gasteiger charge is -2.34. The van der Waals surface area contributed by atoms with Crippen LogP contribution in [0.1, 0.15) is 27.2 Å². The van der Waals surface area contributed by atoms with Crippen LogP contribution in [0.15, 0.2) is 0 Å². The van der Waals surface area contributed by atoms with Crippen molar-refractivity contribution in [2.24, 2.45) is 11.1 Å². The van der Waals surface area contributed by atoms with Crippen molar-refractivity contribution in [3.63, 3.8) is 0 Å². The van der Waals surface area contributed by atoms with Crippen LogP contribution >= 0.6 is 0 Å². The van der Waals surface area contributed by atoms with Gasteiger partial charge in [-0.2, -0.15) is 12.7 Å². The lowest BCUT2D eigenvalue weighted by atomic mass is 9.87. The molecule has 1 atom stereocenters. The fourth-order valence-electron chi connectivity index (χ4n) is 1.35. The predicted molar refractivity (Wildman–Crippen MR) is 60.5 cm³/mol. The molecule has 0 saturated carbocycles. The highest BCUT2D eigenvalue weighted by molar-refractivity contribution is 7.87. The SMILES string of the molecule is CC(C)(C)[C@H](N)CN1CCCNS1(=O)=O. The predicted octanol–water partition coefficient (Wildman–Crippen LogP) is -0.100. The molecule has 90 valence electrons. The highest BCUT2D eigenvalue weighted by Gasteiger charge is 2.30. The molecular formula is C9H21N3O2S. The number of nitrogens with one attached hydrogen (secondary N) is 1. The molecule has 0 aliphatic carbocycles. The molecule has 0 spiro atoms. The minimum atomic E-state index is -3.28. The fourth-order valence-corrected chi connectivity index (χ4v) is 2.66. The first-order valence-corrected chi connectivity index (χ1v) is 6.68. The largest absolute Gasteiger partial charge is 0.326 e. The molecule has 6 heteroatoms. The summed E-state index contributed by atoms with van der Waals surface area (Å²) in [5.74, 6) is 0. The summed E-state index contributed by atoms with van der Waals surface area (Å²) in [6.45, 7) is 7.53. The van der Waals surface area contributed by atoms with Crippen LogP contribution in [0.25, 0.3) is 0 Å². The van der Waals surface area contributed by atoms with E-state index in [0.29, 0.717) is 19.6 Å². The van der Waals surface area contributed by atoms with Crippen LogP contribution in [0.3, 0.4) is 0 Å². The Morgan fingerprint density at radius 3 is 2.53 bits per heavy atom. The van der Waals surface area contributed by atoms with Crippen LogP contribution in [-0.4, -0.2) is 38.4 Å². The van der Waals surface area contributed by atoms with Crippen molar-refractivity contribution >= 4 is 10.2 Å². The van der Waals surface area contributed by atoms with Gasteiger partial charge in [-0.05, 0) is 11.8 Å². The van der Waals surface area contributed by atoms with E-state index in [1.807, 2.05) is 20.8 Å². The van der Waals surface area contributed by atoms with Crippen molar-refractivity contribution in [1.82, 2.24) is 9.03 Å². The van der Waals surface area contributed by atoms with Crippen LogP contribution in [0, 0.1) is 5.41 Å². The molecule has 3 N–H and O–H groups in total. The quantitative estimate of drug-likeness (QED) is 0.702. The van der Waals surface area contributed by atoms with Gasteiger partial charge in [-0.15, -0.1) is 0 Å². The molecule has 0 aromatic heterocycles. The maximum absolute atomic E-state index is 11.6. The highest BCUT2D eigenvalue weighted by atomic mass is 32.2. The van der Waals surface area contributed by atoms with Crippen LogP contribution in [0.2, 0.25) is 0 Å². The number of nitrogens with zero attached hydrogens (tertiary/aromatic N) is 1. The van der Waals surface area contributed by atoms with E-state index in [-0.39, 0.29) is 11.5 Å². The van der Waals surface area contributed by atoms with E-state index in [9.17, 15) is 8.42 Å². The maximum Gasteiger partial charge on any atom is 0.279 e. The second-order valence-corrected chi connectivity index (χ2v) is 6.84. The lowest BCUT2D eigenvalue weighted by molar-refractivity contribution is 0.256. The summed E-state index contributed by atoms with van der Waals surface area (Å²) in [6.07, 6.45) is 0.843. The van der Waals surface area contributed by atoms with Crippen LogP contribution in [-0.2, 0) is 10.2 Å². The molecule has 0 aromatic carbocycles. The van der Waals surface area contributed by atoms with Gasteiger partial charge in [-0.25, -0.2) is 4.72 Å². The Balaban J connectivity index is 2.65. The van der Waals surface area contributed by atoms with Crippen molar-refractivity contribution in [2.75, 3.05) is 19.6 Å². The zero-order valence-electron chi connectivity index (χ0n) is 9.66. The summed E-state index contributed by atoms with van der Waals surface area (Å²) in [6, 6.07) is -0.146. The van der Waals surface area contributed by atoms with Crippen molar-refractivity contribution in [1.29, 1.82) is 0 Å². The molecule has 1 aliphatic rings. The first kappa shape index (κ1) is 12.9. The third-order valence-electron chi connectivity index (χ3n) is 2.72. The maximum atomic E-state index is 11.6. The number of hydrogen-bond acceptors (Lipinski definition) is 3. The minimum absolute atomic E-state index is 0.0764. The van der Waals surface area contributed by atoms with Crippen molar-refractivity contribution in [3.05, 3.63) is 0 Å². The molecule has 0 radical (unpaired) electrons. The molecule has 1 rings (SSSR count). The third-order valence-corrected chi connectivity index (χ3v) is 4.30. The molecule has 0 aromatic rings. The van der Waals surface area contributed by atoms with E-state index in [0.717, 1.165) is 6.42 Å². The summed E-state index contributed by atoms with van der Waals surface area (Å²) in [7, 11) is -3.28. The molecule has 1 saturated heterocycles. The van der Waals surface area contributed by atoms with Gasteiger partial charge in [0.05, 0.1) is 0 Å². The Bertz CT molecular complexity index is 308. The van der Waals surface area contributed by atoms with Crippen LogP contribution in [0.5, 0.6) is 0 Å². The summed E-state index contributed by atoms with van der Waals surface area (Å²) in [5, 5.41) is 0. The van der Waals surface area contributed by atoms with E-state index in [4.69, 9.17) is 5.73 Å². The van der Waals surface area contributed by atoms with Crippen molar-refractivity contribution in [2.45, 2.75) is 33.2 Å². The Morgan fingerprint density at radius 1 is 1.47 bits per heavy atom. The smallest absolute Gasteiger partial charge is 0.279 e. The fraction of sp³-hybridized carbons (Fsp3) is 1.00. The Hall–Kier alpha value is -0.170. The van der Waals surface area contributed by atoms with Crippen LogP contribution < -0.4 is 10.5 Å². The third kappa shape index (κ3) is 3.41. The van der Waals surface area contributed by atoms with Gasteiger partial charge in [-0.3, -0.25) is 0 Å². The molecule has 1 fully saturated rings. The first-order valence-electron chi connectivity index (χ1n) is 5.24. The number of rotatable bonds is 2. The molecule has 0 bridgehead atoms. The molecule has 1 heterocycles. The second kappa shape index (κ2) is 4.37. The molecule has 0 amide bonds. The first-order chi connectivity index (χ1) is 6.73. The van der Waals surface area contributed by atoms with Gasteiger partial charge >= 0.3 is 0 Å². The van der Waals surface area contributed by atoms with E-state index < -0.39 is 10.2 Å². The Kier molecular flexibility index (Phi) is 3.76. The lowest BCUT2D eigenvalue weighted by Crippen LogP contribution is -2.53. The topological polar surface area (TPSA) is 75.4 Å². The number of nitrogens with two attached hydrogens (primary N) is 1. The minimum Gasteiger partial charge on any atom is -0.326 e. The summed E-state index contributed by atoms with van der Waals surface area (Å²) >= 11 is 0. The molecule has 0 unspecified atom stereocenters. The van der Waals surface area contributed by atoms with Gasteiger partial charge in [-0.1, -0.05) is 20.8 Å². The normalized spacial score (nSPS) is 25.1. The van der Waals surface area contributed by atoms with Gasteiger partial charge < -0.3 is 5.73 Å². The van der Waals surface area contributed by atoms with Gasteiger partial charge in [0, 0.05) is 25.7 Å². The molecule has 1 aliphatic heterocycles. The van der Waals surface area contributed by atoms with E-state index >= 15 is 0 Å². The average Bonchev–Trinajstić information content (AvgIpc) is 2.06. The molecular weight excluding hydrogens is 214 g/mol. The average molecular weight is 235 g/mol. The molecule has 15 heavy (non-hydrogen) atoms. The zero-order chi connectivity index (χ0) is 11.7. The highest BCUT2D eigenvalue weighted by Crippen LogP contribution is 2.19. The standard InChI is InChI=1S/C9H21N3O2S/c1-9(2,3)8(10)7-12-6-4-5-11-15(12,13)14/h8,11H,4-7,10H2,1-3H3/t8-/m1/s1. The van der Waals surface area contributed by atoms with Crippen molar-refractivity contribution < 1.29 is 8.42 Å². The van der Waals surface area contributed by atoms with E-state index in [2.05, 4.69) is 4.72 Å². The van der Waals surface area contributed by atoms with Crippen LogP contribution in [0.4, 0.5) is 0 Å². The van der Waals surface area contributed by atoms with Gasteiger partial charge in [0.2, 0.25) is 0 Å². The van der Waals surface area contributed by atoms with Crippen molar-refractivity contribution in [3.8, 4) is 0 Å². The van der Waals surface area contributed by atoms with E-state index in [1.54, 1.807) is 0 Å². The second-order valence-electron chi connectivity index (χ2n) is 5.08. The zero-order valence-corrected chi connectivity index (χ0v) is 10.5. The Morgan fingerprint density at radius 2 is 2.07 bits per heavy atom. The molecule has 5 nitrogen and oxygen atoms in total. The summed E-state index contributed by atoms with van der Waals surface area (Å²) in [4.78, 5) is 0. The van der Waals surface area contributed by atoms with Gasteiger partial charge in [0.25, 0.3) is 10.2 Å². The number of hydrogen-bond donors (Lipinski definition) is 2.